The molecule has 0 aliphatic heterocycles. The van der Waals surface area contributed by atoms with Crippen LogP contribution in [0.1, 0.15) is 18.6 Å². The van der Waals surface area contributed by atoms with Gasteiger partial charge in [0.15, 0.2) is 0 Å². The van der Waals surface area contributed by atoms with E-state index in [1.807, 2.05) is 0 Å². The van der Waals surface area contributed by atoms with E-state index in [9.17, 15) is 14.7 Å². The fraction of sp³-hybridized carbons (Fsp3) is 0.500. The van der Waals surface area contributed by atoms with E-state index in [1.165, 1.54) is 31.8 Å². The molecule has 0 spiro atoms. The first-order valence-electron chi connectivity index (χ1n) is 3.89. The molecule has 0 aromatic carbocycles. The molecular weight excluding hydrogens is 172 g/mol. The Hall–Kier alpha value is -1.36. The maximum atomic E-state index is 11.4. The zero-order valence-electron chi connectivity index (χ0n) is 7.81. The second kappa shape index (κ2) is 3.18. The standard InChI is InChI=1S/C8H12N2O3/c1-5(11)6-4-9(2)8(13)10(3)7(6)12/h4-5,11H,1-3H3/t5-/m0/s1. The molecule has 1 atom stereocenters. The summed E-state index contributed by atoms with van der Waals surface area (Å²) in [6.45, 7) is 1.49. The first kappa shape index (κ1) is 9.73. The number of nitrogens with zero attached hydrogens (tertiary/aromatic N) is 2. The van der Waals surface area contributed by atoms with Crippen molar-refractivity contribution in [2.24, 2.45) is 14.1 Å². The number of aliphatic hydroxyl groups is 1. The highest BCUT2D eigenvalue weighted by atomic mass is 16.3. The molecule has 0 unspecified atom stereocenters. The molecule has 13 heavy (non-hydrogen) atoms. The molecule has 0 aliphatic rings. The SMILES string of the molecule is C[C@H](O)c1cn(C)c(=O)n(C)c1=O. The Labute approximate surface area is 74.9 Å². The molecule has 1 heterocycles. The molecule has 0 aliphatic carbocycles. The average Bonchev–Trinajstić information content (AvgIpc) is 2.07. The van der Waals surface area contributed by atoms with E-state index in [0.29, 0.717) is 0 Å². The van der Waals surface area contributed by atoms with Gasteiger partial charge in [-0.3, -0.25) is 9.36 Å². The fourth-order valence-electron chi connectivity index (χ4n) is 1.12. The summed E-state index contributed by atoms with van der Waals surface area (Å²) < 4.78 is 2.24. The van der Waals surface area contributed by atoms with Gasteiger partial charge in [-0.15, -0.1) is 0 Å². The van der Waals surface area contributed by atoms with Gasteiger partial charge in [0.1, 0.15) is 0 Å². The molecule has 0 saturated carbocycles. The average molecular weight is 184 g/mol. The van der Waals surface area contributed by atoms with Crippen LogP contribution in [0.3, 0.4) is 0 Å². The number of hydrogen-bond acceptors (Lipinski definition) is 3. The Morgan fingerprint density at radius 2 is 1.92 bits per heavy atom. The molecule has 5 nitrogen and oxygen atoms in total. The van der Waals surface area contributed by atoms with Gasteiger partial charge in [-0.25, -0.2) is 4.79 Å². The number of rotatable bonds is 1. The molecule has 72 valence electrons. The van der Waals surface area contributed by atoms with Gasteiger partial charge in [-0.2, -0.15) is 0 Å². The highest BCUT2D eigenvalue weighted by molar-refractivity contribution is 5.07. The van der Waals surface area contributed by atoms with Crippen molar-refractivity contribution >= 4 is 0 Å². The molecule has 1 rings (SSSR count). The molecule has 1 aromatic heterocycles. The highest BCUT2D eigenvalue weighted by Gasteiger charge is 2.10. The number of aromatic nitrogens is 2. The van der Waals surface area contributed by atoms with Crippen LogP contribution >= 0.6 is 0 Å². The van der Waals surface area contributed by atoms with Crippen LogP contribution in [0.2, 0.25) is 0 Å². The predicted molar refractivity (Wildman–Crippen MR) is 47.6 cm³/mol. The van der Waals surface area contributed by atoms with Gasteiger partial charge in [0.25, 0.3) is 5.56 Å². The van der Waals surface area contributed by atoms with E-state index >= 15 is 0 Å². The minimum atomic E-state index is -0.856. The molecule has 1 N–H and O–H groups in total. The maximum Gasteiger partial charge on any atom is 0.330 e. The lowest BCUT2D eigenvalue weighted by Crippen LogP contribution is -2.38. The van der Waals surface area contributed by atoms with Crippen molar-refractivity contribution in [2.45, 2.75) is 13.0 Å². The summed E-state index contributed by atoms with van der Waals surface area (Å²) in [6, 6.07) is 0. The summed E-state index contributed by atoms with van der Waals surface area (Å²) in [5, 5.41) is 9.22. The smallest absolute Gasteiger partial charge is 0.330 e. The molecule has 0 fully saturated rings. The van der Waals surface area contributed by atoms with E-state index in [2.05, 4.69) is 0 Å². The van der Waals surface area contributed by atoms with Crippen LogP contribution in [0.25, 0.3) is 0 Å². The second-order valence-electron chi connectivity index (χ2n) is 3.02. The number of hydrogen-bond donors (Lipinski definition) is 1. The van der Waals surface area contributed by atoms with Gasteiger partial charge in [0.2, 0.25) is 0 Å². The van der Waals surface area contributed by atoms with Crippen molar-refractivity contribution in [1.82, 2.24) is 9.13 Å². The third kappa shape index (κ3) is 1.55. The van der Waals surface area contributed by atoms with Gasteiger partial charge in [-0.05, 0) is 6.92 Å². The van der Waals surface area contributed by atoms with Gasteiger partial charge < -0.3 is 9.67 Å². The predicted octanol–water partition coefficient (Wildman–Crippen LogP) is -0.863. The van der Waals surface area contributed by atoms with Crippen LogP contribution in [0, 0.1) is 0 Å². The molecule has 1 aromatic rings. The van der Waals surface area contributed by atoms with Crippen LogP contribution < -0.4 is 11.2 Å². The summed E-state index contributed by atoms with van der Waals surface area (Å²) in [5.74, 6) is 0. The van der Waals surface area contributed by atoms with E-state index < -0.39 is 17.4 Å². The molecule has 5 heteroatoms. The molecular formula is C8H12N2O3. The molecule has 0 amide bonds. The third-order valence-corrected chi connectivity index (χ3v) is 1.92. The lowest BCUT2D eigenvalue weighted by atomic mass is 10.2. The summed E-state index contributed by atoms with van der Waals surface area (Å²) in [6.07, 6.45) is 0.500. The lowest BCUT2D eigenvalue weighted by molar-refractivity contribution is 0.195. The Bertz CT molecular complexity index is 428. The van der Waals surface area contributed by atoms with Gasteiger partial charge in [-0.1, -0.05) is 0 Å². The summed E-state index contributed by atoms with van der Waals surface area (Å²) in [5.41, 5.74) is -0.614. The Morgan fingerprint density at radius 1 is 1.38 bits per heavy atom. The zero-order valence-corrected chi connectivity index (χ0v) is 7.81. The van der Waals surface area contributed by atoms with Crippen LogP contribution in [-0.2, 0) is 14.1 Å². The van der Waals surface area contributed by atoms with Crippen LogP contribution in [0.4, 0.5) is 0 Å². The third-order valence-electron chi connectivity index (χ3n) is 1.92. The molecule has 0 bridgehead atoms. The molecule has 0 radical (unpaired) electrons. The summed E-state index contributed by atoms with van der Waals surface area (Å²) in [7, 11) is 2.92. The number of aryl methyl sites for hydroxylation is 1. The fourth-order valence-corrected chi connectivity index (χ4v) is 1.12. The van der Waals surface area contributed by atoms with E-state index in [4.69, 9.17) is 0 Å². The van der Waals surface area contributed by atoms with E-state index in [1.54, 1.807) is 0 Å². The second-order valence-corrected chi connectivity index (χ2v) is 3.02. The van der Waals surface area contributed by atoms with Gasteiger partial charge in [0, 0.05) is 20.3 Å². The van der Waals surface area contributed by atoms with Crippen molar-refractivity contribution in [3.63, 3.8) is 0 Å². The first-order chi connectivity index (χ1) is 5.95. The van der Waals surface area contributed by atoms with Crippen LogP contribution in [-0.4, -0.2) is 14.2 Å². The van der Waals surface area contributed by atoms with Crippen molar-refractivity contribution in [2.75, 3.05) is 0 Å². The van der Waals surface area contributed by atoms with E-state index in [0.717, 1.165) is 4.57 Å². The zero-order chi connectivity index (χ0) is 10.2. The highest BCUT2D eigenvalue weighted by Crippen LogP contribution is 2.02. The van der Waals surface area contributed by atoms with Gasteiger partial charge >= 0.3 is 5.69 Å². The summed E-state index contributed by atoms with van der Waals surface area (Å²) in [4.78, 5) is 22.6. The van der Waals surface area contributed by atoms with Crippen molar-refractivity contribution in [3.8, 4) is 0 Å². The van der Waals surface area contributed by atoms with Crippen LogP contribution in [0.5, 0.6) is 0 Å². The van der Waals surface area contributed by atoms with Crippen LogP contribution in [0.15, 0.2) is 15.8 Å². The maximum absolute atomic E-state index is 11.4. The topological polar surface area (TPSA) is 64.2 Å². The van der Waals surface area contributed by atoms with Crippen molar-refractivity contribution in [1.29, 1.82) is 0 Å². The molecule has 0 saturated heterocycles. The Kier molecular flexibility index (Phi) is 2.38. The monoisotopic (exact) mass is 184 g/mol. The Balaban J connectivity index is 3.60. The van der Waals surface area contributed by atoms with Gasteiger partial charge in [0.05, 0.1) is 11.7 Å². The quantitative estimate of drug-likeness (QED) is 0.617. The minimum absolute atomic E-state index is 0.226. The normalized spacial score (nSPS) is 12.9. The minimum Gasteiger partial charge on any atom is -0.388 e. The van der Waals surface area contributed by atoms with Crippen molar-refractivity contribution < 1.29 is 5.11 Å². The first-order valence-corrected chi connectivity index (χ1v) is 3.89. The van der Waals surface area contributed by atoms with Crippen molar-refractivity contribution in [3.05, 3.63) is 32.6 Å². The Morgan fingerprint density at radius 3 is 2.38 bits per heavy atom. The lowest BCUT2D eigenvalue weighted by Gasteiger charge is -2.07. The van der Waals surface area contributed by atoms with E-state index in [-0.39, 0.29) is 5.56 Å². The number of aliphatic hydroxyl groups excluding tert-OH is 1. The summed E-state index contributed by atoms with van der Waals surface area (Å²) >= 11 is 0. The largest absolute Gasteiger partial charge is 0.388 e.